The van der Waals surface area contributed by atoms with Crippen molar-refractivity contribution in [3.63, 3.8) is 0 Å². The molecule has 0 spiro atoms. The normalized spacial score (nSPS) is 13.3. The van der Waals surface area contributed by atoms with Crippen LogP contribution < -0.4 is 5.73 Å². The van der Waals surface area contributed by atoms with E-state index in [-0.39, 0.29) is 11.1 Å². The van der Waals surface area contributed by atoms with Gasteiger partial charge in [0, 0.05) is 5.57 Å². The van der Waals surface area contributed by atoms with Crippen LogP contribution in [0.4, 0.5) is 0 Å². The first-order valence-electron chi connectivity index (χ1n) is 2.86. The van der Waals surface area contributed by atoms with Crippen molar-refractivity contribution in [1.29, 1.82) is 5.41 Å². The van der Waals surface area contributed by atoms with Gasteiger partial charge in [-0.1, -0.05) is 25.4 Å². The maximum atomic E-state index is 7.28. The standard InChI is InChI=1S/C6H10ClIN2/c1-3(2)4(5(7)9)6(8)10/h3,10H,9H2,1-2H3. The van der Waals surface area contributed by atoms with Crippen LogP contribution in [0.25, 0.3) is 0 Å². The highest BCUT2D eigenvalue weighted by atomic mass is 127. The van der Waals surface area contributed by atoms with Crippen LogP contribution in [-0.2, 0) is 0 Å². The molecule has 4 heteroatoms. The Hall–Kier alpha value is 0.230. The fourth-order valence-corrected chi connectivity index (χ4v) is 2.02. The molecule has 0 amide bonds. The number of hydrogen-bond acceptors (Lipinski definition) is 2. The summed E-state index contributed by atoms with van der Waals surface area (Å²) < 4.78 is 0.417. The quantitative estimate of drug-likeness (QED) is 0.453. The molecule has 0 aromatic rings. The third-order valence-corrected chi connectivity index (χ3v) is 1.86. The molecule has 3 N–H and O–H groups in total. The number of nitrogens with one attached hydrogen (secondary N) is 1. The second-order valence-electron chi connectivity index (χ2n) is 2.23. The maximum Gasteiger partial charge on any atom is 0.105 e. The van der Waals surface area contributed by atoms with Crippen molar-refractivity contribution in [1.82, 2.24) is 0 Å². The Morgan fingerprint density at radius 1 is 1.60 bits per heavy atom. The molecule has 0 aliphatic carbocycles. The van der Waals surface area contributed by atoms with Gasteiger partial charge in [0.15, 0.2) is 0 Å². The van der Waals surface area contributed by atoms with E-state index in [2.05, 4.69) is 0 Å². The van der Waals surface area contributed by atoms with Crippen LogP contribution in [0.5, 0.6) is 0 Å². The van der Waals surface area contributed by atoms with Crippen LogP contribution in [0.2, 0.25) is 0 Å². The predicted octanol–water partition coefficient (Wildman–Crippen LogP) is 2.46. The van der Waals surface area contributed by atoms with Gasteiger partial charge in [-0.25, -0.2) is 0 Å². The molecule has 0 aromatic carbocycles. The first-order chi connectivity index (χ1) is 4.46. The van der Waals surface area contributed by atoms with Crippen LogP contribution in [0, 0.1) is 11.3 Å². The zero-order valence-corrected chi connectivity index (χ0v) is 8.82. The third kappa shape index (κ3) is 2.88. The highest BCUT2D eigenvalue weighted by Crippen LogP contribution is 2.18. The number of halogens is 2. The summed E-state index contributed by atoms with van der Waals surface area (Å²) in [7, 11) is 0. The van der Waals surface area contributed by atoms with Crippen LogP contribution in [0.15, 0.2) is 10.7 Å². The Bertz CT molecular complexity index is 171. The smallest absolute Gasteiger partial charge is 0.105 e. The van der Waals surface area contributed by atoms with Gasteiger partial charge in [-0.2, -0.15) is 0 Å². The minimum Gasteiger partial charge on any atom is -0.389 e. The Morgan fingerprint density at radius 2 is 2.00 bits per heavy atom. The Labute approximate surface area is 79.5 Å². The van der Waals surface area contributed by atoms with Gasteiger partial charge in [-0.3, -0.25) is 5.41 Å². The Morgan fingerprint density at radius 3 is 2.00 bits per heavy atom. The van der Waals surface area contributed by atoms with Gasteiger partial charge in [0.05, 0.1) is 3.72 Å². The Balaban J connectivity index is 4.61. The minimum absolute atomic E-state index is 0.224. The van der Waals surface area contributed by atoms with Crippen molar-refractivity contribution in [2.75, 3.05) is 0 Å². The fourth-order valence-electron chi connectivity index (χ4n) is 0.634. The summed E-state index contributed by atoms with van der Waals surface area (Å²) >= 11 is 7.44. The summed E-state index contributed by atoms with van der Waals surface area (Å²) in [6.45, 7) is 3.91. The minimum atomic E-state index is 0.224. The molecule has 0 aliphatic rings. The number of nitrogens with two attached hydrogens (primary N) is 1. The average molecular weight is 273 g/mol. The molecule has 58 valence electrons. The molecule has 0 saturated carbocycles. The predicted molar refractivity (Wildman–Crippen MR) is 53.7 cm³/mol. The molecule has 0 rings (SSSR count). The van der Waals surface area contributed by atoms with Gasteiger partial charge in [0.2, 0.25) is 0 Å². The van der Waals surface area contributed by atoms with E-state index >= 15 is 0 Å². The second-order valence-corrected chi connectivity index (χ2v) is 3.72. The highest BCUT2D eigenvalue weighted by molar-refractivity contribution is 14.1. The van der Waals surface area contributed by atoms with E-state index in [0.717, 1.165) is 5.57 Å². The molecule has 0 radical (unpaired) electrons. The van der Waals surface area contributed by atoms with E-state index in [1.165, 1.54) is 0 Å². The lowest BCUT2D eigenvalue weighted by Crippen LogP contribution is -2.07. The first-order valence-corrected chi connectivity index (χ1v) is 4.32. The SMILES string of the molecule is CC(C)C(C(=N)I)=C(N)Cl. The third-order valence-electron chi connectivity index (χ3n) is 1.07. The zero-order valence-electron chi connectivity index (χ0n) is 5.91. The van der Waals surface area contributed by atoms with Crippen molar-refractivity contribution >= 4 is 37.9 Å². The molecule has 0 unspecified atom stereocenters. The fraction of sp³-hybridized carbons (Fsp3) is 0.500. The van der Waals surface area contributed by atoms with Gasteiger partial charge in [0.25, 0.3) is 0 Å². The van der Waals surface area contributed by atoms with Crippen molar-refractivity contribution in [3.8, 4) is 0 Å². The van der Waals surface area contributed by atoms with Gasteiger partial charge >= 0.3 is 0 Å². The van der Waals surface area contributed by atoms with Gasteiger partial charge < -0.3 is 5.73 Å². The molecule has 0 heterocycles. The summed E-state index contributed by atoms with van der Waals surface area (Å²) in [5.74, 6) is 0.224. The molecule has 0 aromatic heterocycles. The van der Waals surface area contributed by atoms with E-state index in [1.54, 1.807) is 0 Å². The number of hydrogen-bond donors (Lipinski definition) is 2. The van der Waals surface area contributed by atoms with E-state index in [1.807, 2.05) is 36.4 Å². The maximum absolute atomic E-state index is 7.28. The zero-order chi connectivity index (χ0) is 8.31. The molecule has 0 aliphatic heterocycles. The van der Waals surface area contributed by atoms with E-state index in [4.69, 9.17) is 22.7 Å². The van der Waals surface area contributed by atoms with E-state index in [0.29, 0.717) is 3.72 Å². The molecular formula is C6H10ClIN2. The molecule has 0 fully saturated rings. The molecule has 0 bridgehead atoms. The van der Waals surface area contributed by atoms with Crippen LogP contribution in [0.1, 0.15) is 13.8 Å². The van der Waals surface area contributed by atoms with E-state index in [9.17, 15) is 0 Å². The van der Waals surface area contributed by atoms with Crippen LogP contribution in [0.3, 0.4) is 0 Å². The lowest BCUT2D eigenvalue weighted by atomic mass is 10.1. The topological polar surface area (TPSA) is 49.9 Å². The van der Waals surface area contributed by atoms with Crippen LogP contribution >= 0.6 is 34.2 Å². The largest absolute Gasteiger partial charge is 0.389 e. The summed E-state index contributed by atoms with van der Waals surface area (Å²) in [5, 5.41) is 7.51. The monoisotopic (exact) mass is 272 g/mol. The summed E-state index contributed by atoms with van der Waals surface area (Å²) in [5.41, 5.74) is 6.06. The summed E-state index contributed by atoms with van der Waals surface area (Å²) in [6, 6.07) is 0. The van der Waals surface area contributed by atoms with Crippen molar-refractivity contribution in [2.24, 2.45) is 11.7 Å². The molecule has 2 nitrogen and oxygen atoms in total. The highest BCUT2D eigenvalue weighted by Gasteiger charge is 2.09. The lowest BCUT2D eigenvalue weighted by molar-refractivity contribution is 0.799. The van der Waals surface area contributed by atoms with Crippen molar-refractivity contribution in [3.05, 3.63) is 10.7 Å². The second kappa shape index (κ2) is 4.18. The first kappa shape index (κ1) is 10.2. The number of rotatable bonds is 2. The molecule has 0 saturated heterocycles. The Kier molecular flexibility index (Phi) is 4.28. The summed E-state index contributed by atoms with van der Waals surface area (Å²) in [4.78, 5) is 0. The molecular weight excluding hydrogens is 262 g/mol. The van der Waals surface area contributed by atoms with Crippen molar-refractivity contribution < 1.29 is 0 Å². The molecule has 10 heavy (non-hydrogen) atoms. The van der Waals surface area contributed by atoms with Gasteiger partial charge in [-0.05, 0) is 28.5 Å². The molecule has 0 atom stereocenters. The number of allylic oxidation sites excluding steroid dienone is 1. The average Bonchev–Trinajstić information content (AvgIpc) is 1.59. The van der Waals surface area contributed by atoms with E-state index < -0.39 is 0 Å². The van der Waals surface area contributed by atoms with Gasteiger partial charge in [-0.15, -0.1) is 0 Å². The van der Waals surface area contributed by atoms with Crippen molar-refractivity contribution in [2.45, 2.75) is 13.8 Å². The van der Waals surface area contributed by atoms with Gasteiger partial charge in [0.1, 0.15) is 5.16 Å². The summed E-state index contributed by atoms with van der Waals surface area (Å²) in [6.07, 6.45) is 0. The lowest BCUT2D eigenvalue weighted by Gasteiger charge is -2.08. The van der Waals surface area contributed by atoms with Crippen LogP contribution in [-0.4, -0.2) is 3.72 Å².